The number of piperidine rings is 1. The van der Waals surface area contributed by atoms with Crippen molar-refractivity contribution in [2.45, 2.75) is 18.9 Å². The van der Waals surface area contributed by atoms with Crippen molar-refractivity contribution in [2.75, 3.05) is 29.9 Å². The summed E-state index contributed by atoms with van der Waals surface area (Å²) in [5.41, 5.74) is 7.55. The summed E-state index contributed by atoms with van der Waals surface area (Å²) in [6.45, 7) is 0.929. The number of aromatic hydroxyl groups is 1. The molecular formula is C22H24N8O4. The van der Waals surface area contributed by atoms with Crippen molar-refractivity contribution in [3.8, 4) is 22.8 Å². The number of aliphatic carboxylic acids is 1. The van der Waals surface area contributed by atoms with E-state index in [-0.39, 0.29) is 23.3 Å². The van der Waals surface area contributed by atoms with Gasteiger partial charge in [0.1, 0.15) is 11.6 Å². The number of carbonyl (C=O) groups is 1. The average molecular weight is 464 g/mol. The van der Waals surface area contributed by atoms with Crippen LogP contribution in [0.3, 0.4) is 0 Å². The number of para-hydroxylation sites is 1. The number of nitrogen functional groups attached to an aromatic ring is 1. The van der Waals surface area contributed by atoms with Crippen molar-refractivity contribution in [3.05, 3.63) is 48.4 Å². The van der Waals surface area contributed by atoms with Crippen LogP contribution >= 0.6 is 0 Å². The van der Waals surface area contributed by atoms with Gasteiger partial charge in [-0.1, -0.05) is 12.1 Å². The summed E-state index contributed by atoms with van der Waals surface area (Å²) in [6, 6.07) is 8.67. The summed E-state index contributed by atoms with van der Waals surface area (Å²) in [7, 11) is 0. The first-order valence-electron chi connectivity index (χ1n) is 10.6. The predicted octanol–water partition coefficient (Wildman–Crippen LogP) is 1.47. The normalized spacial score (nSPS) is 13.9. The van der Waals surface area contributed by atoms with Crippen LogP contribution in [0.1, 0.15) is 18.5 Å². The third-order valence-corrected chi connectivity index (χ3v) is 5.34. The lowest BCUT2D eigenvalue weighted by atomic mass is 10.0. The van der Waals surface area contributed by atoms with Crippen LogP contribution in [-0.2, 0) is 4.79 Å². The summed E-state index contributed by atoms with van der Waals surface area (Å²) in [4.78, 5) is 21.2. The molecule has 0 amide bonds. The molecule has 3 aromatic rings. The van der Waals surface area contributed by atoms with Crippen molar-refractivity contribution in [1.82, 2.24) is 20.2 Å². The number of nitrogens with zero attached hydrogens (tertiary/aromatic N) is 5. The molecule has 12 nitrogen and oxygen atoms in total. The van der Waals surface area contributed by atoms with Gasteiger partial charge < -0.3 is 30.9 Å². The number of nitrogens with two attached hydrogens (primary N) is 1. The molecule has 0 radical (unpaired) electrons. The number of phenols is 1. The molecule has 1 saturated heterocycles. The lowest BCUT2D eigenvalue weighted by Crippen LogP contribution is -2.40. The number of phenolic OH excluding ortho intramolecular Hbond substituents is 1. The van der Waals surface area contributed by atoms with Gasteiger partial charge in [0.2, 0.25) is 5.95 Å². The molecule has 12 heteroatoms. The molecular weight excluding hydrogens is 440 g/mol. The molecule has 1 aliphatic heterocycles. The summed E-state index contributed by atoms with van der Waals surface area (Å²) >= 11 is 0. The lowest BCUT2D eigenvalue weighted by molar-refractivity contribution is -0.139. The highest BCUT2D eigenvalue weighted by atomic mass is 16.5. The van der Waals surface area contributed by atoms with Crippen LogP contribution in [0.4, 0.5) is 11.6 Å². The minimum atomic E-state index is -1.07. The number of benzene rings is 1. The van der Waals surface area contributed by atoms with E-state index in [9.17, 15) is 9.90 Å². The minimum Gasteiger partial charge on any atom is -0.507 e. The van der Waals surface area contributed by atoms with E-state index in [0.717, 1.165) is 12.8 Å². The molecule has 0 aliphatic carbocycles. The first kappa shape index (κ1) is 22.7. The number of nitrogens with one attached hydrogen (secondary N) is 2. The zero-order valence-electron chi connectivity index (χ0n) is 18.2. The number of rotatable bonds is 8. The summed E-state index contributed by atoms with van der Waals surface area (Å²) < 4.78 is 5.07. The first-order valence-corrected chi connectivity index (χ1v) is 10.6. The van der Waals surface area contributed by atoms with Gasteiger partial charge in [0.05, 0.1) is 23.8 Å². The van der Waals surface area contributed by atoms with Crippen molar-refractivity contribution in [2.24, 2.45) is 5.73 Å². The predicted molar refractivity (Wildman–Crippen MR) is 124 cm³/mol. The van der Waals surface area contributed by atoms with Crippen LogP contribution in [0.15, 0.2) is 42.7 Å². The molecule has 4 rings (SSSR count). The van der Waals surface area contributed by atoms with Crippen LogP contribution in [0, 0.1) is 5.41 Å². The van der Waals surface area contributed by atoms with Crippen molar-refractivity contribution >= 4 is 23.4 Å². The fourth-order valence-electron chi connectivity index (χ4n) is 3.66. The van der Waals surface area contributed by atoms with Gasteiger partial charge in [-0.2, -0.15) is 0 Å². The van der Waals surface area contributed by atoms with Crippen LogP contribution in [-0.4, -0.2) is 67.9 Å². The molecule has 0 bridgehead atoms. The Bertz CT molecular complexity index is 1180. The first-order chi connectivity index (χ1) is 16.4. The third-order valence-electron chi connectivity index (χ3n) is 5.34. The molecule has 1 aliphatic rings. The van der Waals surface area contributed by atoms with Gasteiger partial charge in [-0.25, -0.2) is 14.8 Å². The van der Waals surface area contributed by atoms with Gasteiger partial charge in [0.15, 0.2) is 18.1 Å². The minimum absolute atomic E-state index is 0.0889. The molecule has 2 aromatic heterocycles. The van der Waals surface area contributed by atoms with Gasteiger partial charge in [0, 0.05) is 24.7 Å². The largest absolute Gasteiger partial charge is 0.507 e. The fourth-order valence-corrected chi connectivity index (χ4v) is 3.66. The van der Waals surface area contributed by atoms with Gasteiger partial charge in [-0.15, -0.1) is 10.2 Å². The highest BCUT2D eigenvalue weighted by Crippen LogP contribution is 2.30. The van der Waals surface area contributed by atoms with E-state index in [1.54, 1.807) is 30.3 Å². The van der Waals surface area contributed by atoms with E-state index >= 15 is 0 Å². The Hall–Kier alpha value is -4.48. The standard InChI is InChI=1S/C22H24N8O4/c23-21(24)20-17(9-16(28-29-20)15-3-1-2-4-18(15)31)27-13-5-7-30(8-6-13)22-25-10-14(11-26-22)34-12-19(32)33/h1-4,9-11,13,31H,5-8,12H2,(H3,23,24)(H,27,28)(H,32,33). The lowest BCUT2D eigenvalue weighted by Gasteiger charge is -2.33. The van der Waals surface area contributed by atoms with E-state index in [2.05, 4.69) is 25.5 Å². The zero-order chi connectivity index (χ0) is 24.1. The Kier molecular flexibility index (Phi) is 6.67. The van der Waals surface area contributed by atoms with E-state index in [0.29, 0.717) is 41.7 Å². The SMILES string of the molecule is N=C(N)c1nnc(-c2ccccc2O)cc1NC1CCN(c2ncc(OCC(=O)O)cn2)CC1. The topological polar surface area (TPSA) is 183 Å². The second kappa shape index (κ2) is 9.98. The maximum atomic E-state index is 10.6. The maximum absolute atomic E-state index is 10.6. The van der Waals surface area contributed by atoms with Gasteiger partial charge in [-0.3, -0.25) is 5.41 Å². The Labute approximate surface area is 195 Å². The van der Waals surface area contributed by atoms with Crippen LogP contribution < -0.4 is 20.7 Å². The van der Waals surface area contributed by atoms with Gasteiger partial charge >= 0.3 is 5.97 Å². The molecule has 6 N–H and O–H groups in total. The Morgan fingerprint density at radius 3 is 2.56 bits per heavy atom. The second-order valence-corrected chi connectivity index (χ2v) is 7.73. The molecule has 0 unspecified atom stereocenters. The number of carboxylic acid groups (broad SMARTS) is 1. The van der Waals surface area contributed by atoms with E-state index in [1.165, 1.54) is 12.4 Å². The van der Waals surface area contributed by atoms with Crippen LogP contribution in [0.25, 0.3) is 11.3 Å². The molecule has 0 atom stereocenters. The monoisotopic (exact) mass is 464 g/mol. The Balaban J connectivity index is 1.42. The molecule has 3 heterocycles. The quantitative estimate of drug-likeness (QED) is 0.240. The number of hydrogen-bond donors (Lipinski definition) is 5. The molecule has 176 valence electrons. The molecule has 1 aromatic carbocycles. The molecule has 0 spiro atoms. The smallest absolute Gasteiger partial charge is 0.341 e. The van der Waals surface area contributed by atoms with Crippen LogP contribution in [0.2, 0.25) is 0 Å². The van der Waals surface area contributed by atoms with Gasteiger partial charge in [0.25, 0.3) is 0 Å². The number of hydrogen-bond acceptors (Lipinski definition) is 10. The van der Waals surface area contributed by atoms with E-state index in [4.69, 9.17) is 21.0 Å². The average Bonchev–Trinajstić information content (AvgIpc) is 2.84. The third kappa shape index (κ3) is 5.28. The van der Waals surface area contributed by atoms with Crippen molar-refractivity contribution in [3.63, 3.8) is 0 Å². The summed E-state index contributed by atoms with van der Waals surface area (Å²) in [5, 5.41) is 38.3. The second-order valence-electron chi connectivity index (χ2n) is 7.73. The molecule has 0 saturated carbocycles. The highest BCUT2D eigenvalue weighted by Gasteiger charge is 2.23. The summed E-state index contributed by atoms with van der Waals surface area (Å²) in [6.07, 6.45) is 4.45. The molecule has 34 heavy (non-hydrogen) atoms. The number of aromatic nitrogens is 4. The van der Waals surface area contributed by atoms with Crippen LogP contribution in [0.5, 0.6) is 11.5 Å². The number of carboxylic acids is 1. The maximum Gasteiger partial charge on any atom is 0.341 e. The number of anilines is 2. The van der Waals surface area contributed by atoms with Crippen molar-refractivity contribution < 1.29 is 19.7 Å². The summed E-state index contributed by atoms with van der Waals surface area (Å²) in [5.74, 6) is -0.340. The van der Waals surface area contributed by atoms with Crippen molar-refractivity contribution in [1.29, 1.82) is 5.41 Å². The molecule has 1 fully saturated rings. The van der Waals surface area contributed by atoms with E-state index in [1.807, 2.05) is 4.90 Å². The van der Waals surface area contributed by atoms with E-state index < -0.39 is 12.6 Å². The Morgan fingerprint density at radius 1 is 1.21 bits per heavy atom. The highest BCUT2D eigenvalue weighted by molar-refractivity contribution is 5.98. The number of ether oxygens (including phenoxy) is 1. The fraction of sp³-hybridized carbons (Fsp3) is 0.273. The van der Waals surface area contributed by atoms with Gasteiger partial charge in [-0.05, 0) is 31.0 Å². The Morgan fingerprint density at radius 2 is 1.91 bits per heavy atom. The number of amidine groups is 1. The zero-order valence-corrected chi connectivity index (χ0v) is 18.2.